The zero-order chi connectivity index (χ0) is 20.3. The predicted molar refractivity (Wildman–Crippen MR) is 88.9 cm³/mol. The van der Waals surface area contributed by atoms with E-state index < -0.39 is 59.8 Å². The monoisotopic (exact) mass is 402 g/mol. The van der Waals surface area contributed by atoms with Crippen molar-refractivity contribution in [3.8, 4) is 0 Å². The molecule has 4 fully saturated rings. The molecule has 5 atom stereocenters. The van der Waals surface area contributed by atoms with Crippen molar-refractivity contribution < 1.29 is 47.5 Å². The van der Waals surface area contributed by atoms with Gasteiger partial charge >= 0.3 is 12.1 Å². The van der Waals surface area contributed by atoms with Crippen LogP contribution >= 0.6 is 0 Å². The van der Waals surface area contributed by atoms with Crippen LogP contribution < -0.4 is 0 Å². The minimum Gasteiger partial charge on any atom is -0.456 e. The minimum atomic E-state index is -1.13. The van der Waals surface area contributed by atoms with Gasteiger partial charge in [-0.05, 0) is 34.6 Å². The lowest BCUT2D eigenvalue weighted by Gasteiger charge is -2.33. The summed E-state index contributed by atoms with van der Waals surface area (Å²) in [5.74, 6) is -2.21. The molecule has 5 unspecified atom stereocenters. The normalized spacial score (nSPS) is 40.5. The van der Waals surface area contributed by atoms with Gasteiger partial charge in [-0.2, -0.15) is 0 Å². The van der Waals surface area contributed by atoms with Crippen LogP contribution in [0.3, 0.4) is 0 Å². The van der Waals surface area contributed by atoms with E-state index in [2.05, 4.69) is 0 Å². The van der Waals surface area contributed by atoms with Crippen molar-refractivity contribution in [1.82, 2.24) is 0 Å². The molecule has 0 radical (unpaired) electrons. The molecule has 4 heterocycles. The molecule has 10 heteroatoms. The van der Waals surface area contributed by atoms with Crippen LogP contribution in [-0.2, 0) is 42.7 Å². The minimum absolute atomic E-state index is 0.129. The molecule has 28 heavy (non-hydrogen) atoms. The van der Waals surface area contributed by atoms with Gasteiger partial charge in [-0.1, -0.05) is 0 Å². The first-order valence-electron chi connectivity index (χ1n) is 9.32. The largest absolute Gasteiger partial charge is 0.508 e. The standard InChI is InChI=1S/C18H26O10/c1-16(2)23-6-9(26-16)10-11(12-13(24-10)28-17(3,4)27-12)25-14(19)18(5)7-21-15(20)22-8-18/h9-13H,6-8H2,1-5H3. The number of hydrogen-bond acceptors (Lipinski definition) is 10. The van der Waals surface area contributed by atoms with Crippen molar-refractivity contribution >= 4 is 12.1 Å². The van der Waals surface area contributed by atoms with E-state index in [1.54, 1.807) is 34.6 Å². The molecule has 0 aliphatic carbocycles. The van der Waals surface area contributed by atoms with Crippen LogP contribution in [0.15, 0.2) is 0 Å². The summed E-state index contributed by atoms with van der Waals surface area (Å²) in [7, 11) is 0. The van der Waals surface area contributed by atoms with E-state index in [0.29, 0.717) is 0 Å². The number of carbonyl (C=O) groups excluding carboxylic acids is 2. The van der Waals surface area contributed by atoms with Crippen LogP contribution in [0.1, 0.15) is 34.6 Å². The van der Waals surface area contributed by atoms with Crippen molar-refractivity contribution in [2.24, 2.45) is 5.41 Å². The Bertz CT molecular complexity index is 649. The molecule has 0 aromatic carbocycles. The Hall–Kier alpha value is -1.46. The summed E-state index contributed by atoms with van der Waals surface area (Å²) in [4.78, 5) is 24.0. The summed E-state index contributed by atoms with van der Waals surface area (Å²) in [6, 6.07) is 0. The highest BCUT2D eigenvalue weighted by Gasteiger charge is 2.60. The molecule has 4 saturated heterocycles. The molecule has 158 valence electrons. The molecule has 10 nitrogen and oxygen atoms in total. The number of ether oxygens (including phenoxy) is 8. The van der Waals surface area contributed by atoms with Crippen LogP contribution in [0.25, 0.3) is 0 Å². The maximum atomic E-state index is 12.9. The van der Waals surface area contributed by atoms with Gasteiger partial charge in [0.05, 0.1) is 6.61 Å². The molecule has 4 aliphatic rings. The van der Waals surface area contributed by atoms with Crippen LogP contribution in [0.4, 0.5) is 4.79 Å². The lowest BCUT2D eigenvalue weighted by molar-refractivity contribution is -0.237. The fraction of sp³-hybridized carbons (Fsp3) is 0.889. The Labute approximate surface area is 162 Å². The van der Waals surface area contributed by atoms with Gasteiger partial charge in [0, 0.05) is 0 Å². The first-order valence-corrected chi connectivity index (χ1v) is 9.32. The van der Waals surface area contributed by atoms with Crippen molar-refractivity contribution in [2.45, 2.75) is 76.9 Å². The third-order valence-corrected chi connectivity index (χ3v) is 5.18. The van der Waals surface area contributed by atoms with Gasteiger partial charge in [0.25, 0.3) is 0 Å². The molecule has 0 spiro atoms. The molecule has 0 amide bonds. The van der Waals surface area contributed by atoms with Gasteiger partial charge in [0.1, 0.15) is 30.8 Å². The molecular formula is C18H26O10. The van der Waals surface area contributed by atoms with E-state index in [1.165, 1.54) is 0 Å². The summed E-state index contributed by atoms with van der Waals surface area (Å²) in [5, 5.41) is 0. The molecule has 0 aromatic rings. The Morgan fingerprint density at radius 3 is 2.25 bits per heavy atom. The molecule has 4 aliphatic heterocycles. The lowest BCUT2D eigenvalue weighted by atomic mass is 9.92. The molecule has 0 aromatic heterocycles. The zero-order valence-electron chi connectivity index (χ0n) is 16.6. The third kappa shape index (κ3) is 3.59. The first kappa shape index (κ1) is 19.8. The molecule has 0 N–H and O–H groups in total. The summed E-state index contributed by atoms with van der Waals surface area (Å²) < 4.78 is 44.8. The SMILES string of the molecule is CC1(C)OCC(C2OC3OC(C)(C)OC3C2OC(=O)C2(C)COC(=O)OC2)O1. The maximum absolute atomic E-state index is 12.9. The molecular weight excluding hydrogens is 376 g/mol. The second-order valence-corrected chi connectivity index (χ2v) is 8.69. The van der Waals surface area contributed by atoms with E-state index >= 15 is 0 Å². The summed E-state index contributed by atoms with van der Waals surface area (Å²) in [5.41, 5.74) is -1.13. The van der Waals surface area contributed by atoms with Crippen LogP contribution in [0.5, 0.6) is 0 Å². The Balaban J connectivity index is 1.52. The van der Waals surface area contributed by atoms with Gasteiger partial charge in [0.2, 0.25) is 0 Å². The second-order valence-electron chi connectivity index (χ2n) is 8.69. The van der Waals surface area contributed by atoms with E-state index in [1.807, 2.05) is 0 Å². The number of cyclic esters (lactones) is 2. The smallest absolute Gasteiger partial charge is 0.456 e. The zero-order valence-corrected chi connectivity index (χ0v) is 16.6. The first-order chi connectivity index (χ1) is 13.0. The summed E-state index contributed by atoms with van der Waals surface area (Å²) in [6.07, 6.45) is -3.99. The van der Waals surface area contributed by atoms with Gasteiger partial charge in [0.15, 0.2) is 30.1 Å². The van der Waals surface area contributed by atoms with E-state index in [4.69, 9.17) is 37.9 Å². The van der Waals surface area contributed by atoms with Gasteiger partial charge in [-0.15, -0.1) is 0 Å². The lowest BCUT2D eigenvalue weighted by Crippen LogP contribution is -2.50. The Morgan fingerprint density at radius 1 is 0.964 bits per heavy atom. The van der Waals surface area contributed by atoms with Crippen LogP contribution in [0, 0.1) is 5.41 Å². The fourth-order valence-electron chi connectivity index (χ4n) is 3.72. The average molecular weight is 402 g/mol. The van der Waals surface area contributed by atoms with Crippen molar-refractivity contribution in [3.05, 3.63) is 0 Å². The second kappa shape index (κ2) is 6.53. The number of fused-ring (bicyclic) bond motifs is 1. The summed E-state index contributed by atoms with van der Waals surface area (Å²) >= 11 is 0. The van der Waals surface area contributed by atoms with Crippen molar-refractivity contribution in [3.63, 3.8) is 0 Å². The van der Waals surface area contributed by atoms with Crippen molar-refractivity contribution in [1.29, 1.82) is 0 Å². The Kier molecular flexibility index (Phi) is 4.63. The van der Waals surface area contributed by atoms with Gasteiger partial charge < -0.3 is 37.9 Å². The molecule has 4 rings (SSSR count). The number of carbonyl (C=O) groups is 2. The predicted octanol–water partition coefficient (Wildman–Crippen LogP) is 1.10. The fourth-order valence-corrected chi connectivity index (χ4v) is 3.72. The Morgan fingerprint density at radius 2 is 1.64 bits per heavy atom. The highest BCUT2D eigenvalue weighted by molar-refractivity contribution is 5.78. The summed E-state index contributed by atoms with van der Waals surface area (Å²) in [6.45, 7) is 8.76. The molecule has 0 saturated carbocycles. The quantitative estimate of drug-likeness (QED) is 0.637. The highest BCUT2D eigenvalue weighted by Crippen LogP contribution is 2.42. The average Bonchev–Trinajstić information content (AvgIpc) is 3.20. The van der Waals surface area contributed by atoms with Gasteiger partial charge in [-0.25, -0.2) is 4.79 Å². The molecule has 0 bridgehead atoms. The van der Waals surface area contributed by atoms with Crippen LogP contribution in [-0.4, -0.2) is 74.2 Å². The van der Waals surface area contributed by atoms with Crippen LogP contribution in [0.2, 0.25) is 0 Å². The number of esters is 1. The topological polar surface area (TPSA) is 108 Å². The highest BCUT2D eigenvalue weighted by atomic mass is 16.9. The van der Waals surface area contributed by atoms with Gasteiger partial charge in [-0.3, -0.25) is 4.79 Å². The van der Waals surface area contributed by atoms with Crippen molar-refractivity contribution in [2.75, 3.05) is 19.8 Å². The van der Waals surface area contributed by atoms with E-state index in [0.717, 1.165) is 0 Å². The van der Waals surface area contributed by atoms with E-state index in [-0.39, 0.29) is 19.8 Å². The maximum Gasteiger partial charge on any atom is 0.508 e. The van der Waals surface area contributed by atoms with E-state index in [9.17, 15) is 9.59 Å². The number of rotatable bonds is 3. The third-order valence-electron chi connectivity index (χ3n) is 5.18. The number of hydrogen-bond donors (Lipinski definition) is 0.